The van der Waals surface area contributed by atoms with Crippen molar-refractivity contribution in [3.8, 4) is 0 Å². The molecule has 1 fully saturated rings. The maximum absolute atomic E-state index is 12.7. The first-order valence-electron chi connectivity index (χ1n) is 7.51. The molecule has 0 bridgehead atoms. The number of anilines is 1. The summed E-state index contributed by atoms with van der Waals surface area (Å²) in [4.78, 5) is 21.8. The van der Waals surface area contributed by atoms with Crippen LogP contribution in [0.5, 0.6) is 0 Å². The quantitative estimate of drug-likeness (QED) is 0.844. The van der Waals surface area contributed by atoms with Crippen LogP contribution in [0.4, 0.5) is 5.82 Å². The monoisotopic (exact) mass is 381 g/mol. The largest absolute Gasteiger partial charge is 0.382 e. The summed E-state index contributed by atoms with van der Waals surface area (Å²) in [7, 11) is -3.70. The van der Waals surface area contributed by atoms with Crippen molar-refractivity contribution >= 4 is 33.3 Å². The number of hydrogen-bond donors (Lipinski definition) is 1. The van der Waals surface area contributed by atoms with Gasteiger partial charge in [-0.2, -0.15) is 4.31 Å². The number of rotatable bonds is 3. The third-order valence-electron chi connectivity index (χ3n) is 3.91. The molecule has 0 saturated carbocycles. The fraction of sp³-hybridized carbons (Fsp3) is 0.267. The van der Waals surface area contributed by atoms with Crippen LogP contribution in [0.15, 0.2) is 41.6 Å². The maximum Gasteiger partial charge on any atom is 0.276 e. The zero-order valence-electron chi connectivity index (χ0n) is 13.2. The van der Waals surface area contributed by atoms with Crippen LogP contribution in [0.25, 0.3) is 0 Å². The molecular weight excluding hydrogens is 366 g/mol. The molecule has 0 radical (unpaired) electrons. The van der Waals surface area contributed by atoms with Crippen LogP contribution >= 0.6 is 11.6 Å². The highest BCUT2D eigenvalue weighted by atomic mass is 35.5. The molecular formula is C15H16ClN5O3S. The number of piperazine rings is 1. The standard InChI is InChI=1S/C15H16ClN5O3S/c16-11-3-1-2-4-12(11)25(23,24)21-9-7-20(8-10-21)15(22)13-14(17)19-6-5-18-13/h1-6H,7-10H2,(H2,17,19). The lowest BCUT2D eigenvalue weighted by Crippen LogP contribution is -2.50. The number of hydrogen-bond acceptors (Lipinski definition) is 6. The van der Waals surface area contributed by atoms with Crippen LogP contribution in [-0.2, 0) is 10.0 Å². The van der Waals surface area contributed by atoms with Crippen LogP contribution in [-0.4, -0.2) is 59.7 Å². The van der Waals surface area contributed by atoms with Crippen LogP contribution in [0.3, 0.4) is 0 Å². The van der Waals surface area contributed by atoms with E-state index in [4.69, 9.17) is 17.3 Å². The van der Waals surface area contributed by atoms with Crippen LogP contribution < -0.4 is 5.73 Å². The Balaban J connectivity index is 1.73. The van der Waals surface area contributed by atoms with E-state index in [1.165, 1.54) is 33.7 Å². The molecule has 1 saturated heterocycles. The van der Waals surface area contributed by atoms with Gasteiger partial charge < -0.3 is 10.6 Å². The summed E-state index contributed by atoms with van der Waals surface area (Å²) in [5, 5.41) is 0.174. The Labute approximate surface area is 150 Å². The maximum atomic E-state index is 12.7. The third kappa shape index (κ3) is 3.44. The van der Waals surface area contributed by atoms with Gasteiger partial charge >= 0.3 is 0 Å². The van der Waals surface area contributed by atoms with Gasteiger partial charge in [0.15, 0.2) is 11.5 Å². The van der Waals surface area contributed by atoms with E-state index in [1.807, 2.05) is 0 Å². The third-order valence-corrected chi connectivity index (χ3v) is 6.31. The van der Waals surface area contributed by atoms with Gasteiger partial charge in [0.05, 0.1) is 5.02 Å². The van der Waals surface area contributed by atoms with Crippen LogP contribution in [0.2, 0.25) is 5.02 Å². The number of carbonyl (C=O) groups excluding carboxylic acids is 1. The fourth-order valence-electron chi connectivity index (χ4n) is 2.59. The average Bonchev–Trinajstić information content (AvgIpc) is 2.62. The molecule has 2 heterocycles. The first-order chi connectivity index (χ1) is 11.9. The van der Waals surface area contributed by atoms with Gasteiger partial charge in [0.2, 0.25) is 10.0 Å². The summed E-state index contributed by atoms with van der Waals surface area (Å²) in [6.45, 7) is 0.802. The number of nitrogens with zero attached hydrogens (tertiary/aromatic N) is 4. The molecule has 10 heteroatoms. The normalized spacial score (nSPS) is 16.0. The second-order valence-electron chi connectivity index (χ2n) is 5.42. The molecule has 0 spiro atoms. The van der Waals surface area contributed by atoms with Crippen molar-refractivity contribution in [2.45, 2.75) is 4.90 Å². The summed E-state index contributed by atoms with van der Waals surface area (Å²) in [5.74, 6) is -0.306. The van der Waals surface area contributed by atoms with Crippen molar-refractivity contribution in [3.05, 3.63) is 47.4 Å². The van der Waals surface area contributed by atoms with Gasteiger partial charge in [-0.05, 0) is 12.1 Å². The molecule has 132 valence electrons. The first-order valence-corrected chi connectivity index (χ1v) is 9.33. The van der Waals surface area contributed by atoms with Gasteiger partial charge in [-0.1, -0.05) is 23.7 Å². The van der Waals surface area contributed by atoms with Gasteiger partial charge in [0.25, 0.3) is 5.91 Å². The Morgan fingerprint density at radius 1 is 1.08 bits per heavy atom. The zero-order chi connectivity index (χ0) is 18.0. The van der Waals surface area contributed by atoms with E-state index in [9.17, 15) is 13.2 Å². The molecule has 0 atom stereocenters. The number of benzene rings is 1. The number of carbonyl (C=O) groups is 1. The van der Waals surface area contributed by atoms with Gasteiger partial charge in [0.1, 0.15) is 4.90 Å². The Bertz CT molecular complexity index is 898. The lowest BCUT2D eigenvalue weighted by Gasteiger charge is -2.34. The predicted molar refractivity (Wildman–Crippen MR) is 92.6 cm³/mol. The predicted octanol–water partition coefficient (Wildman–Crippen LogP) is 0.859. The van der Waals surface area contributed by atoms with Gasteiger partial charge in [-0.3, -0.25) is 4.79 Å². The second-order valence-corrected chi connectivity index (χ2v) is 7.73. The van der Waals surface area contributed by atoms with Crippen molar-refractivity contribution in [3.63, 3.8) is 0 Å². The Morgan fingerprint density at radius 3 is 2.36 bits per heavy atom. The summed E-state index contributed by atoms with van der Waals surface area (Å²) >= 11 is 6.01. The SMILES string of the molecule is Nc1nccnc1C(=O)N1CCN(S(=O)(=O)c2ccccc2Cl)CC1. The van der Waals surface area contributed by atoms with E-state index in [1.54, 1.807) is 12.1 Å². The van der Waals surface area contributed by atoms with Crippen molar-refractivity contribution in [2.75, 3.05) is 31.9 Å². The van der Waals surface area contributed by atoms with Crippen LogP contribution in [0.1, 0.15) is 10.5 Å². The minimum absolute atomic E-state index is 0.0543. The summed E-state index contributed by atoms with van der Waals surface area (Å²) in [6, 6.07) is 6.29. The summed E-state index contributed by atoms with van der Waals surface area (Å²) < 4.78 is 26.7. The molecule has 0 aliphatic carbocycles. The van der Waals surface area contributed by atoms with Gasteiger partial charge in [0, 0.05) is 38.6 Å². The number of aromatic nitrogens is 2. The summed E-state index contributed by atoms with van der Waals surface area (Å²) in [6.07, 6.45) is 2.79. The van der Waals surface area contributed by atoms with Crippen LogP contribution in [0, 0.1) is 0 Å². The highest BCUT2D eigenvalue weighted by Gasteiger charge is 2.32. The highest BCUT2D eigenvalue weighted by molar-refractivity contribution is 7.89. The minimum Gasteiger partial charge on any atom is -0.382 e. The average molecular weight is 382 g/mol. The zero-order valence-corrected chi connectivity index (χ0v) is 14.7. The number of amides is 1. The van der Waals surface area contributed by atoms with Crippen molar-refractivity contribution < 1.29 is 13.2 Å². The summed E-state index contributed by atoms with van der Waals surface area (Å²) in [5.41, 5.74) is 5.75. The Morgan fingerprint density at radius 2 is 1.72 bits per heavy atom. The number of halogens is 1. The van der Waals surface area contributed by atoms with E-state index >= 15 is 0 Å². The van der Waals surface area contributed by atoms with Gasteiger partial charge in [-0.15, -0.1) is 0 Å². The number of nitrogen functional groups attached to an aromatic ring is 1. The molecule has 1 aliphatic rings. The van der Waals surface area contributed by atoms with E-state index < -0.39 is 10.0 Å². The number of nitrogens with two attached hydrogens (primary N) is 1. The molecule has 2 N–H and O–H groups in total. The Kier molecular flexibility index (Phi) is 4.89. The lowest BCUT2D eigenvalue weighted by molar-refractivity contribution is 0.0692. The topological polar surface area (TPSA) is 109 Å². The highest BCUT2D eigenvalue weighted by Crippen LogP contribution is 2.25. The van der Waals surface area contributed by atoms with E-state index in [0.717, 1.165) is 0 Å². The molecule has 0 unspecified atom stereocenters. The first kappa shape index (κ1) is 17.6. The molecule has 25 heavy (non-hydrogen) atoms. The van der Waals surface area contributed by atoms with Crippen molar-refractivity contribution in [1.82, 2.24) is 19.2 Å². The fourth-order valence-corrected chi connectivity index (χ4v) is 4.50. The van der Waals surface area contributed by atoms with Crippen molar-refractivity contribution in [1.29, 1.82) is 0 Å². The van der Waals surface area contributed by atoms with Gasteiger partial charge in [-0.25, -0.2) is 18.4 Å². The Hall–Kier alpha value is -2.23. The molecule has 1 amide bonds. The molecule has 2 aromatic rings. The van der Waals surface area contributed by atoms with Crippen molar-refractivity contribution in [2.24, 2.45) is 0 Å². The number of sulfonamides is 1. The molecule has 1 aromatic heterocycles. The van der Waals surface area contributed by atoms with E-state index in [2.05, 4.69) is 9.97 Å². The molecule has 1 aromatic carbocycles. The lowest BCUT2D eigenvalue weighted by atomic mass is 10.3. The smallest absolute Gasteiger partial charge is 0.276 e. The molecule has 1 aliphatic heterocycles. The van der Waals surface area contributed by atoms with E-state index in [0.29, 0.717) is 0 Å². The molecule has 8 nitrogen and oxygen atoms in total. The molecule has 3 rings (SSSR count). The van der Waals surface area contributed by atoms with E-state index in [-0.39, 0.29) is 53.5 Å². The minimum atomic E-state index is -3.70. The second kappa shape index (κ2) is 6.95.